The van der Waals surface area contributed by atoms with Crippen molar-refractivity contribution in [2.24, 2.45) is 0 Å². The molecule has 0 bridgehead atoms. The Kier molecular flexibility index (Phi) is 3.29. The molecule has 0 aromatic carbocycles. The lowest BCUT2D eigenvalue weighted by Gasteiger charge is -2.33. The fourth-order valence-corrected chi connectivity index (χ4v) is 2.74. The highest BCUT2D eigenvalue weighted by Gasteiger charge is 2.24. The normalized spacial score (nSPS) is 11.9. The molecule has 0 aliphatic heterocycles. The molecule has 0 radical (unpaired) electrons. The van der Waals surface area contributed by atoms with Crippen LogP contribution in [0.4, 0.5) is 5.00 Å². The Balaban J connectivity index is 2.93. The summed E-state index contributed by atoms with van der Waals surface area (Å²) in [6, 6.07) is 4.40. The summed E-state index contributed by atoms with van der Waals surface area (Å²) in [6.45, 7) is 10.4. The minimum atomic E-state index is 1.14. The monoisotopic (exact) mass is 184 g/mol. The molecule has 0 aliphatic carbocycles. The zero-order valence-corrected chi connectivity index (χ0v) is 9.03. The van der Waals surface area contributed by atoms with Crippen molar-refractivity contribution in [2.45, 2.75) is 20.8 Å². The van der Waals surface area contributed by atoms with Crippen LogP contribution in [-0.4, -0.2) is 19.6 Å². The van der Waals surface area contributed by atoms with Gasteiger partial charge in [-0.25, -0.2) is 0 Å². The highest BCUT2D eigenvalue weighted by atomic mass is 32.1. The lowest BCUT2D eigenvalue weighted by molar-refractivity contribution is 0.322. The van der Waals surface area contributed by atoms with Gasteiger partial charge >= 0.3 is 0 Å². The Labute approximate surface area is 79.2 Å². The second kappa shape index (κ2) is 4.06. The van der Waals surface area contributed by atoms with Gasteiger partial charge in [0.05, 0.1) is 19.6 Å². The molecule has 1 aromatic rings. The molecule has 0 saturated heterocycles. The zero-order chi connectivity index (χ0) is 9.03. The van der Waals surface area contributed by atoms with E-state index in [0.717, 1.165) is 4.48 Å². The predicted molar refractivity (Wildman–Crippen MR) is 57.7 cm³/mol. The summed E-state index contributed by atoms with van der Waals surface area (Å²) < 4.78 is 1.14. The van der Waals surface area contributed by atoms with Crippen molar-refractivity contribution < 1.29 is 0 Å². The van der Waals surface area contributed by atoms with Gasteiger partial charge in [-0.1, -0.05) is 11.3 Å². The minimum Gasteiger partial charge on any atom is -0.283 e. The summed E-state index contributed by atoms with van der Waals surface area (Å²) in [6.07, 6.45) is 0. The SMILES string of the molecule is CC[N+](CC)(CC)c1cccs1. The smallest absolute Gasteiger partial charge is 0.188 e. The first-order valence-corrected chi connectivity index (χ1v) is 5.57. The average Bonchev–Trinajstić information content (AvgIpc) is 2.62. The third-order valence-electron chi connectivity index (χ3n) is 2.79. The maximum Gasteiger partial charge on any atom is 0.188 e. The number of thiophene rings is 1. The van der Waals surface area contributed by atoms with Crippen molar-refractivity contribution in [2.75, 3.05) is 19.6 Å². The summed E-state index contributed by atoms with van der Waals surface area (Å²) in [5, 5.41) is 3.67. The summed E-state index contributed by atoms with van der Waals surface area (Å²) in [5.41, 5.74) is 0. The molecule has 68 valence electrons. The van der Waals surface area contributed by atoms with E-state index < -0.39 is 0 Å². The Morgan fingerprint density at radius 1 is 1.17 bits per heavy atom. The van der Waals surface area contributed by atoms with Gasteiger partial charge in [0.2, 0.25) is 0 Å². The first-order chi connectivity index (χ1) is 5.79. The molecule has 1 rings (SSSR count). The van der Waals surface area contributed by atoms with Crippen molar-refractivity contribution in [3.8, 4) is 0 Å². The van der Waals surface area contributed by atoms with Gasteiger partial charge in [-0.05, 0) is 32.2 Å². The van der Waals surface area contributed by atoms with Gasteiger partial charge in [-0.15, -0.1) is 0 Å². The Bertz CT molecular complexity index is 203. The standard InChI is InChI=1S/C10H18NS/c1-4-11(5-2,6-3)10-8-7-9-12-10/h7-9H,4-6H2,1-3H3/q+1. The summed E-state index contributed by atoms with van der Waals surface area (Å²) in [7, 11) is 0. The van der Waals surface area contributed by atoms with E-state index in [1.807, 2.05) is 11.3 Å². The van der Waals surface area contributed by atoms with Crippen LogP contribution >= 0.6 is 11.3 Å². The van der Waals surface area contributed by atoms with E-state index in [2.05, 4.69) is 38.3 Å². The highest BCUT2D eigenvalue weighted by Crippen LogP contribution is 2.27. The number of rotatable bonds is 4. The van der Waals surface area contributed by atoms with E-state index >= 15 is 0 Å². The van der Waals surface area contributed by atoms with Crippen molar-refractivity contribution in [1.82, 2.24) is 4.48 Å². The molecule has 0 N–H and O–H groups in total. The van der Waals surface area contributed by atoms with Crippen LogP contribution < -0.4 is 4.48 Å². The van der Waals surface area contributed by atoms with Gasteiger partial charge in [0, 0.05) is 6.07 Å². The average molecular weight is 184 g/mol. The van der Waals surface area contributed by atoms with Crippen LogP contribution in [0.3, 0.4) is 0 Å². The second-order valence-corrected chi connectivity index (χ2v) is 3.97. The minimum absolute atomic E-state index is 1.14. The molecule has 0 fully saturated rings. The van der Waals surface area contributed by atoms with Crippen LogP contribution in [0, 0.1) is 0 Å². The van der Waals surface area contributed by atoms with Gasteiger partial charge in [-0.2, -0.15) is 0 Å². The maximum atomic E-state index is 2.27. The van der Waals surface area contributed by atoms with Crippen LogP contribution in [0.25, 0.3) is 0 Å². The van der Waals surface area contributed by atoms with Crippen molar-refractivity contribution in [3.63, 3.8) is 0 Å². The Hall–Kier alpha value is -0.340. The highest BCUT2D eigenvalue weighted by molar-refractivity contribution is 7.13. The second-order valence-electron chi connectivity index (χ2n) is 3.05. The van der Waals surface area contributed by atoms with E-state index in [4.69, 9.17) is 0 Å². The summed E-state index contributed by atoms with van der Waals surface area (Å²) >= 11 is 1.88. The lowest BCUT2D eigenvalue weighted by atomic mass is 10.3. The quantitative estimate of drug-likeness (QED) is 0.631. The molecule has 1 heterocycles. The van der Waals surface area contributed by atoms with Gasteiger partial charge in [0.15, 0.2) is 5.00 Å². The third kappa shape index (κ3) is 1.54. The molecule has 0 atom stereocenters. The molecule has 0 saturated carbocycles. The molecular formula is C10H18NS+. The fourth-order valence-electron chi connectivity index (χ4n) is 1.68. The Morgan fingerprint density at radius 3 is 2.08 bits per heavy atom. The summed E-state index contributed by atoms with van der Waals surface area (Å²) in [4.78, 5) is 0. The molecule has 0 amide bonds. The Morgan fingerprint density at radius 2 is 1.75 bits per heavy atom. The van der Waals surface area contributed by atoms with Crippen molar-refractivity contribution in [1.29, 1.82) is 0 Å². The molecule has 0 unspecified atom stereocenters. The topological polar surface area (TPSA) is 0 Å². The van der Waals surface area contributed by atoms with Crippen LogP contribution in [0.5, 0.6) is 0 Å². The first-order valence-electron chi connectivity index (χ1n) is 4.69. The molecule has 2 heteroatoms. The van der Waals surface area contributed by atoms with E-state index in [-0.39, 0.29) is 0 Å². The van der Waals surface area contributed by atoms with Gasteiger partial charge in [0.25, 0.3) is 0 Å². The molecule has 1 nitrogen and oxygen atoms in total. The zero-order valence-electron chi connectivity index (χ0n) is 8.21. The predicted octanol–water partition coefficient (Wildman–Crippen LogP) is 3.12. The molecule has 0 spiro atoms. The molecule has 1 aromatic heterocycles. The van der Waals surface area contributed by atoms with Gasteiger partial charge in [-0.3, -0.25) is 4.48 Å². The number of hydrogen-bond acceptors (Lipinski definition) is 1. The van der Waals surface area contributed by atoms with E-state index in [1.54, 1.807) is 0 Å². The van der Waals surface area contributed by atoms with E-state index in [0.29, 0.717) is 0 Å². The number of nitrogens with zero attached hydrogens (tertiary/aromatic N) is 1. The first kappa shape index (κ1) is 9.75. The maximum absolute atomic E-state index is 2.27. The van der Waals surface area contributed by atoms with E-state index in [1.165, 1.54) is 24.6 Å². The van der Waals surface area contributed by atoms with Crippen LogP contribution in [0.2, 0.25) is 0 Å². The molecule has 0 aliphatic rings. The van der Waals surface area contributed by atoms with Crippen molar-refractivity contribution >= 4 is 16.3 Å². The van der Waals surface area contributed by atoms with Crippen LogP contribution in [0.1, 0.15) is 20.8 Å². The third-order valence-corrected chi connectivity index (χ3v) is 3.85. The number of quaternary nitrogens is 1. The van der Waals surface area contributed by atoms with Crippen molar-refractivity contribution in [3.05, 3.63) is 17.5 Å². The van der Waals surface area contributed by atoms with Gasteiger partial charge in [0.1, 0.15) is 0 Å². The molecule has 12 heavy (non-hydrogen) atoms. The number of hydrogen-bond donors (Lipinski definition) is 0. The van der Waals surface area contributed by atoms with Crippen LogP contribution in [-0.2, 0) is 0 Å². The largest absolute Gasteiger partial charge is 0.283 e. The fraction of sp³-hybridized carbons (Fsp3) is 0.600. The lowest BCUT2D eigenvalue weighted by Crippen LogP contribution is -2.48. The molecular weight excluding hydrogens is 166 g/mol. The van der Waals surface area contributed by atoms with Crippen LogP contribution in [0.15, 0.2) is 17.5 Å². The van der Waals surface area contributed by atoms with Gasteiger partial charge < -0.3 is 0 Å². The summed E-state index contributed by atoms with van der Waals surface area (Å²) in [5.74, 6) is 0. The van der Waals surface area contributed by atoms with E-state index in [9.17, 15) is 0 Å².